The quantitative estimate of drug-likeness (QED) is 0.802. The van der Waals surface area contributed by atoms with Crippen LogP contribution >= 0.6 is 0 Å². The van der Waals surface area contributed by atoms with E-state index in [1.54, 1.807) is 10.5 Å². The molecule has 1 aliphatic heterocycles. The van der Waals surface area contributed by atoms with E-state index >= 15 is 0 Å². The lowest BCUT2D eigenvalue weighted by Crippen LogP contribution is -2.52. The fraction of sp³-hybridized carbons (Fsp3) is 0.684. The van der Waals surface area contributed by atoms with Crippen molar-refractivity contribution in [2.45, 2.75) is 33.1 Å². The summed E-state index contributed by atoms with van der Waals surface area (Å²) >= 11 is 0. The predicted molar refractivity (Wildman–Crippen MR) is 100 cm³/mol. The Labute approximate surface area is 155 Å². The molecule has 1 saturated heterocycles. The number of pyridine rings is 1. The predicted octanol–water partition coefficient (Wildman–Crippen LogP) is 1.93. The zero-order valence-corrected chi connectivity index (χ0v) is 16.3. The molecule has 2 aliphatic carbocycles. The number of fused-ring (bicyclic) bond motifs is 2. The maximum absolute atomic E-state index is 13.1. The van der Waals surface area contributed by atoms with Gasteiger partial charge in [0.25, 0.3) is 0 Å². The van der Waals surface area contributed by atoms with Crippen LogP contribution in [0, 0.1) is 16.7 Å². The molecule has 4 rings (SSSR count). The second-order valence-electron chi connectivity index (χ2n) is 8.50. The minimum Gasteiger partial charge on any atom is -0.354 e. The summed E-state index contributed by atoms with van der Waals surface area (Å²) in [5.41, 5.74) is -0.901. The van der Waals surface area contributed by atoms with Gasteiger partial charge in [0, 0.05) is 44.2 Å². The van der Waals surface area contributed by atoms with E-state index in [-0.39, 0.29) is 17.0 Å². The summed E-state index contributed by atoms with van der Waals surface area (Å²) in [5, 5.41) is 0. The van der Waals surface area contributed by atoms with Gasteiger partial charge in [0.05, 0.1) is 5.75 Å². The molecule has 1 aromatic rings. The third kappa shape index (κ3) is 2.59. The Hall–Kier alpha value is -1.47. The number of piperazine rings is 1. The van der Waals surface area contributed by atoms with Gasteiger partial charge in [-0.3, -0.25) is 4.79 Å². The van der Waals surface area contributed by atoms with Crippen LogP contribution in [0.3, 0.4) is 0 Å². The second-order valence-corrected chi connectivity index (χ2v) is 10.5. The first kappa shape index (κ1) is 17.9. The number of carbonyl (C=O) groups is 1. The molecule has 2 saturated carbocycles. The Morgan fingerprint density at radius 3 is 2.46 bits per heavy atom. The van der Waals surface area contributed by atoms with Crippen molar-refractivity contribution in [1.82, 2.24) is 9.29 Å². The monoisotopic (exact) mass is 377 g/mol. The van der Waals surface area contributed by atoms with E-state index in [0.29, 0.717) is 38.5 Å². The van der Waals surface area contributed by atoms with Crippen molar-refractivity contribution < 1.29 is 13.2 Å². The van der Waals surface area contributed by atoms with Crippen molar-refractivity contribution in [3.63, 3.8) is 0 Å². The standard InChI is InChI=1S/C19H27N3O3S/c1-18(2)15-6-7-19(18,16(23)13-15)14-26(24,25)22-11-9-21(10-12-22)17-5-3-4-8-20-17/h3-5,8,15H,6-7,9-14H2,1-2H3/t15-,19-/m0/s1. The molecule has 0 spiro atoms. The van der Waals surface area contributed by atoms with Crippen LogP contribution < -0.4 is 4.90 Å². The van der Waals surface area contributed by atoms with Crippen LogP contribution in [0.25, 0.3) is 0 Å². The molecule has 1 aromatic heterocycles. The fourth-order valence-corrected chi connectivity index (χ4v) is 7.45. The summed E-state index contributed by atoms with van der Waals surface area (Å²) in [6, 6.07) is 5.76. The third-order valence-corrected chi connectivity index (χ3v) is 9.18. The van der Waals surface area contributed by atoms with Crippen LogP contribution in [0.1, 0.15) is 33.1 Å². The Morgan fingerprint density at radius 2 is 1.92 bits per heavy atom. The smallest absolute Gasteiger partial charge is 0.215 e. The van der Waals surface area contributed by atoms with Crippen LogP contribution in [0.15, 0.2) is 24.4 Å². The Morgan fingerprint density at radius 1 is 1.19 bits per heavy atom. The number of hydrogen-bond acceptors (Lipinski definition) is 5. The first-order valence-corrected chi connectivity index (χ1v) is 11.0. The van der Waals surface area contributed by atoms with Gasteiger partial charge in [-0.2, -0.15) is 4.31 Å². The number of ketones is 1. The lowest BCUT2D eigenvalue weighted by atomic mass is 9.70. The lowest BCUT2D eigenvalue weighted by molar-refractivity contribution is -0.128. The van der Waals surface area contributed by atoms with Gasteiger partial charge in [-0.1, -0.05) is 19.9 Å². The van der Waals surface area contributed by atoms with Gasteiger partial charge in [0.15, 0.2) is 0 Å². The van der Waals surface area contributed by atoms with Crippen molar-refractivity contribution in [2.75, 3.05) is 36.8 Å². The molecule has 3 fully saturated rings. The molecule has 2 bridgehead atoms. The first-order chi connectivity index (χ1) is 12.3. The van der Waals surface area contributed by atoms with Gasteiger partial charge < -0.3 is 4.90 Å². The number of anilines is 1. The van der Waals surface area contributed by atoms with Gasteiger partial charge in [-0.05, 0) is 36.3 Å². The largest absolute Gasteiger partial charge is 0.354 e. The molecule has 0 aromatic carbocycles. The second kappa shape index (κ2) is 6.02. The molecule has 0 radical (unpaired) electrons. The highest BCUT2D eigenvalue weighted by atomic mass is 32.2. The van der Waals surface area contributed by atoms with Crippen molar-refractivity contribution in [3.05, 3.63) is 24.4 Å². The van der Waals surface area contributed by atoms with Crippen molar-refractivity contribution in [2.24, 2.45) is 16.7 Å². The van der Waals surface area contributed by atoms with E-state index in [1.807, 2.05) is 18.2 Å². The molecule has 26 heavy (non-hydrogen) atoms. The summed E-state index contributed by atoms with van der Waals surface area (Å²) in [6.45, 7) is 6.33. The molecule has 142 valence electrons. The maximum atomic E-state index is 13.1. The van der Waals surface area contributed by atoms with Gasteiger partial charge in [-0.25, -0.2) is 13.4 Å². The minimum absolute atomic E-state index is 0.0219. The molecular formula is C19H27N3O3S. The van der Waals surface area contributed by atoms with E-state index in [2.05, 4.69) is 23.7 Å². The average molecular weight is 378 g/mol. The van der Waals surface area contributed by atoms with Gasteiger partial charge >= 0.3 is 0 Å². The van der Waals surface area contributed by atoms with E-state index in [4.69, 9.17) is 0 Å². The number of carbonyl (C=O) groups excluding carboxylic acids is 1. The van der Waals surface area contributed by atoms with Crippen LogP contribution in [0.5, 0.6) is 0 Å². The molecule has 0 unspecified atom stereocenters. The first-order valence-electron chi connectivity index (χ1n) is 9.43. The molecule has 3 aliphatic rings. The lowest BCUT2D eigenvalue weighted by Gasteiger charge is -2.40. The number of sulfonamides is 1. The Kier molecular flexibility index (Phi) is 4.15. The van der Waals surface area contributed by atoms with E-state index < -0.39 is 15.4 Å². The number of rotatable bonds is 4. The molecule has 0 amide bonds. The topological polar surface area (TPSA) is 70.6 Å². The summed E-state index contributed by atoms with van der Waals surface area (Å²) in [6.07, 6.45) is 4.00. The fourth-order valence-electron chi connectivity index (χ4n) is 5.25. The molecular weight excluding hydrogens is 350 g/mol. The number of hydrogen-bond donors (Lipinski definition) is 0. The molecule has 2 atom stereocenters. The highest BCUT2D eigenvalue weighted by molar-refractivity contribution is 7.89. The Balaban J connectivity index is 1.48. The van der Waals surface area contributed by atoms with Crippen molar-refractivity contribution >= 4 is 21.6 Å². The number of nitrogens with zero attached hydrogens (tertiary/aromatic N) is 3. The molecule has 0 N–H and O–H groups in total. The van der Waals surface area contributed by atoms with E-state index in [9.17, 15) is 13.2 Å². The molecule has 7 heteroatoms. The zero-order valence-electron chi connectivity index (χ0n) is 15.5. The summed E-state index contributed by atoms with van der Waals surface area (Å²) in [5.74, 6) is 1.36. The van der Waals surface area contributed by atoms with Crippen LogP contribution in [-0.2, 0) is 14.8 Å². The minimum atomic E-state index is -3.45. The average Bonchev–Trinajstić information content (AvgIpc) is 2.96. The van der Waals surface area contributed by atoms with Gasteiger partial charge in [0.2, 0.25) is 10.0 Å². The van der Waals surface area contributed by atoms with E-state index in [0.717, 1.165) is 18.7 Å². The maximum Gasteiger partial charge on any atom is 0.215 e. The normalized spacial score (nSPS) is 31.5. The molecule has 6 nitrogen and oxygen atoms in total. The van der Waals surface area contributed by atoms with E-state index in [1.165, 1.54) is 0 Å². The summed E-state index contributed by atoms with van der Waals surface area (Å²) in [4.78, 5) is 19.1. The molecule has 2 heterocycles. The van der Waals surface area contributed by atoms with Gasteiger partial charge in [0.1, 0.15) is 11.6 Å². The highest BCUT2D eigenvalue weighted by Gasteiger charge is 2.65. The number of Topliss-reactive ketones (excluding diaryl/α,β-unsaturated/α-hetero) is 1. The zero-order chi connectivity index (χ0) is 18.6. The van der Waals surface area contributed by atoms with Crippen LogP contribution in [0.4, 0.5) is 5.82 Å². The SMILES string of the molecule is CC1(C)[C@H]2CC[C@]1(CS(=O)(=O)N1CCN(c3ccccn3)CC1)C(=O)C2. The third-order valence-electron chi connectivity index (χ3n) is 7.17. The summed E-state index contributed by atoms with van der Waals surface area (Å²) < 4.78 is 27.9. The van der Waals surface area contributed by atoms with Crippen molar-refractivity contribution in [3.8, 4) is 0 Å². The van der Waals surface area contributed by atoms with Crippen molar-refractivity contribution in [1.29, 1.82) is 0 Å². The van der Waals surface area contributed by atoms with Gasteiger partial charge in [-0.15, -0.1) is 0 Å². The Bertz CT molecular complexity index is 801. The summed E-state index contributed by atoms with van der Waals surface area (Å²) in [7, 11) is -3.45. The number of aromatic nitrogens is 1. The van der Waals surface area contributed by atoms with Crippen LogP contribution in [0.2, 0.25) is 0 Å². The highest BCUT2D eigenvalue weighted by Crippen LogP contribution is 2.64. The van der Waals surface area contributed by atoms with Crippen LogP contribution in [-0.4, -0.2) is 55.4 Å².